The predicted octanol–water partition coefficient (Wildman–Crippen LogP) is 1.94. The van der Waals surface area contributed by atoms with Gasteiger partial charge in [0.25, 0.3) is 0 Å². The lowest BCUT2D eigenvalue weighted by Crippen LogP contribution is -2.42. The molecule has 2 amide bonds. The molecule has 112 valence electrons. The summed E-state index contributed by atoms with van der Waals surface area (Å²) in [6.45, 7) is 1.83. The van der Waals surface area contributed by atoms with E-state index in [1.807, 2.05) is 13.0 Å². The van der Waals surface area contributed by atoms with Gasteiger partial charge in [0.05, 0.1) is 24.4 Å². The number of nitrogens with zero attached hydrogens (tertiary/aromatic N) is 1. The van der Waals surface area contributed by atoms with E-state index < -0.39 is 18.0 Å². The summed E-state index contributed by atoms with van der Waals surface area (Å²) < 4.78 is 5.08. The van der Waals surface area contributed by atoms with Crippen LogP contribution >= 0.6 is 0 Å². The molecule has 0 spiro atoms. The minimum Gasteiger partial charge on any atom is -0.495 e. The SMILES string of the molecule is CCCC(NC(=O)Nc1ccc(C#N)cc1OC)C(=O)O. The number of nitrogens with one attached hydrogen (secondary N) is 2. The van der Waals surface area contributed by atoms with E-state index in [2.05, 4.69) is 10.6 Å². The number of urea groups is 1. The van der Waals surface area contributed by atoms with Crippen LogP contribution in [0.25, 0.3) is 0 Å². The Kier molecular flexibility index (Phi) is 6.01. The summed E-state index contributed by atoms with van der Waals surface area (Å²) >= 11 is 0. The normalized spacial score (nSPS) is 11.1. The number of benzene rings is 1. The Hall–Kier alpha value is -2.75. The molecule has 1 aromatic rings. The minimum absolute atomic E-state index is 0.326. The number of anilines is 1. The molecule has 21 heavy (non-hydrogen) atoms. The van der Waals surface area contributed by atoms with E-state index in [1.165, 1.54) is 25.3 Å². The Labute approximate surface area is 122 Å². The van der Waals surface area contributed by atoms with Crippen LogP contribution in [0.15, 0.2) is 18.2 Å². The molecule has 1 atom stereocenters. The Balaban J connectivity index is 2.79. The number of carbonyl (C=O) groups excluding carboxylic acids is 1. The van der Waals surface area contributed by atoms with Crippen molar-refractivity contribution in [2.24, 2.45) is 0 Å². The first-order valence-corrected chi connectivity index (χ1v) is 6.40. The number of hydrogen-bond donors (Lipinski definition) is 3. The molecule has 0 heterocycles. The molecule has 0 bridgehead atoms. The molecule has 0 aromatic heterocycles. The van der Waals surface area contributed by atoms with Gasteiger partial charge < -0.3 is 20.5 Å². The van der Waals surface area contributed by atoms with Crippen molar-refractivity contribution < 1.29 is 19.4 Å². The molecule has 0 aliphatic heterocycles. The summed E-state index contributed by atoms with van der Waals surface area (Å²) in [5.41, 5.74) is 0.752. The van der Waals surface area contributed by atoms with Crippen molar-refractivity contribution in [3.8, 4) is 11.8 Å². The summed E-state index contributed by atoms with van der Waals surface area (Å²) in [6.07, 6.45) is 0.977. The van der Waals surface area contributed by atoms with Crippen molar-refractivity contribution in [1.29, 1.82) is 5.26 Å². The van der Waals surface area contributed by atoms with Crippen LogP contribution in [0.1, 0.15) is 25.3 Å². The molecule has 7 nitrogen and oxygen atoms in total. The zero-order chi connectivity index (χ0) is 15.8. The highest BCUT2D eigenvalue weighted by atomic mass is 16.5. The third-order valence-corrected chi connectivity index (χ3v) is 2.76. The minimum atomic E-state index is -1.08. The maximum absolute atomic E-state index is 11.8. The van der Waals surface area contributed by atoms with E-state index in [0.29, 0.717) is 29.8 Å². The average Bonchev–Trinajstić information content (AvgIpc) is 2.47. The van der Waals surface area contributed by atoms with E-state index in [-0.39, 0.29) is 0 Å². The molecule has 0 aliphatic carbocycles. The number of ether oxygens (including phenoxy) is 1. The summed E-state index contributed by atoms with van der Waals surface area (Å²) in [6, 6.07) is 4.90. The summed E-state index contributed by atoms with van der Waals surface area (Å²) in [4.78, 5) is 22.8. The van der Waals surface area contributed by atoms with Gasteiger partial charge in [-0.25, -0.2) is 9.59 Å². The number of carboxylic acid groups (broad SMARTS) is 1. The van der Waals surface area contributed by atoms with Gasteiger partial charge >= 0.3 is 12.0 Å². The van der Waals surface area contributed by atoms with Gasteiger partial charge in [-0.3, -0.25) is 0 Å². The number of methoxy groups -OCH3 is 1. The van der Waals surface area contributed by atoms with Crippen LogP contribution in [0.3, 0.4) is 0 Å². The average molecular weight is 291 g/mol. The molecule has 0 aliphatic rings. The number of hydrogen-bond acceptors (Lipinski definition) is 4. The van der Waals surface area contributed by atoms with Crippen molar-refractivity contribution in [2.75, 3.05) is 12.4 Å². The fraction of sp³-hybridized carbons (Fsp3) is 0.357. The van der Waals surface area contributed by atoms with Gasteiger partial charge in [0, 0.05) is 6.07 Å². The first kappa shape index (κ1) is 16.3. The van der Waals surface area contributed by atoms with Crippen LogP contribution < -0.4 is 15.4 Å². The summed E-state index contributed by atoms with van der Waals surface area (Å²) in [5, 5.41) is 22.7. The van der Waals surface area contributed by atoms with Gasteiger partial charge in [-0.2, -0.15) is 5.26 Å². The van der Waals surface area contributed by atoms with Gasteiger partial charge in [0.2, 0.25) is 0 Å². The fourth-order valence-corrected chi connectivity index (χ4v) is 1.73. The van der Waals surface area contributed by atoms with Crippen molar-refractivity contribution in [3.63, 3.8) is 0 Å². The maximum atomic E-state index is 11.8. The van der Waals surface area contributed by atoms with Gasteiger partial charge in [-0.15, -0.1) is 0 Å². The molecule has 0 saturated carbocycles. The fourth-order valence-electron chi connectivity index (χ4n) is 1.73. The van der Waals surface area contributed by atoms with E-state index in [9.17, 15) is 9.59 Å². The van der Waals surface area contributed by atoms with Crippen molar-refractivity contribution in [2.45, 2.75) is 25.8 Å². The highest BCUT2D eigenvalue weighted by Gasteiger charge is 2.19. The maximum Gasteiger partial charge on any atom is 0.326 e. The lowest BCUT2D eigenvalue weighted by atomic mass is 10.2. The number of amides is 2. The Morgan fingerprint density at radius 2 is 2.19 bits per heavy atom. The standard InChI is InChI=1S/C14H17N3O4/c1-3-4-11(13(18)19)17-14(20)16-10-6-5-9(8-15)7-12(10)21-2/h5-7,11H,3-4H2,1-2H3,(H,18,19)(H2,16,17,20). The largest absolute Gasteiger partial charge is 0.495 e. The van der Waals surface area contributed by atoms with Crippen LogP contribution in [0.2, 0.25) is 0 Å². The quantitative estimate of drug-likeness (QED) is 0.741. The number of carboxylic acids is 1. The van der Waals surface area contributed by atoms with Crippen LogP contribution in [0, 0.1) is 11.3 Å². The first-order valence-electron chi connectivity index (χ1n) is 6.40. The van der Waals surface area contributed by atoms with Gasteiger partial charge in [-0.05, 0) is 18.6 Å². The third-order valence-electron chi connectivity index (χ3n) is 2.76. The molecule has 0 radical (unpaired) electrons. The Bertz CT molecular complexity index is 566. The predicted molar refractivity (Wildman–Crippen MR) is 76.2 cm³/mol. The second-order valence-electron chi connectivity index (χ2n) is 4.30. The van der Waals surface area contributed by atoms with Crippen LogP contribution in [0.4, 0.5) is 10.5 Å². The number of nitriles is 1. The molecular formula is C14H17N3O4. The summed E-state index contributed by atoms with van der Waals surface area (Å²) in [5.74, 6) is -0.759. The second-order valence-corrected chi connectivity index (χ2v) is 4.30. The molecule has 1 unspecified atom stereocenters. The zero-order valence-electron chi connectivity index (χ0n) is 11.8. The van der Waals surface area contributed by atoms with Crippen LogP contribution in [0.5, 0.6) is 5.75 Å². The number of carbonyl (C=O) groups is 2. The molecule has 1 aromatic carbocycles. The van der Waals surface area contributed by atoms with Crippen molar-refractivity contribution >= 4 is 17.7 Å². The van der Waals surface area contributed by atoms with Gasteiger partial charge in [-0.1, -0.05) is 13.3 Å². The molecular weight excluding hydrogens is 274 g/mol. The molecule has 0 saturated heterocycles. The first-order chi connectivity index (χ1) is 10.0. The van der Waals surface area contributed by atoms with Crippen molar-refractivity contribution in [3.05, 3.63) is 23.8 Å². The Morgan fingerprint density at radius 3 is 2.71 bits per heavy atom. The van der Waals surface area contributed by atoms with Crippen LogP contribution in [-0.4, -0.2) is 30.3 Å². The monoisotopic (exact) mass is 291 g/mol. The Morgan fingerprint density at radius 1 is 1.48 bits per heavy atom. The summed E-state index contributed by atoms with van der Waals surface area (Å²) in [7, 11) is 1.41. The number of rotatable bonds is 6. The molecule has 3 N–H and O–H groups in total. The lowest BCUT2D eigenvalue weighted by Gasteiger charge is -2.15. The number of aliphatic carboxylic acids is 1. The van der Waals surface area contributed by atoms with Gasteiger partial charge in [0.15, 0.2) is 0 Å². The van der Waals surface area contributed by atoms with Gasteiger partial charge in [0.1, 0.15) is 11.8 Å². The second kappa shape index (κ2) is 7.75. The van der Waals surface area contributed by atoms with E-state index in [0.717, 1.165) is 0 Å². The molecule has 0 fully saturated rings. The highest BCUT2D eigenvalue weighted by molar-refractivity contribution is 5.93. The van der Waals surface area contributed by atoms with E-state index >= 15 is 0 Å². The molecule has 7 heteroatoms. The lowest BCUT2D eigenvalue weighted by molar-refractivity contribution is -0.139. The van der Waals surface area contributed by atoms with Crippen LogP contribution in [-0.2, 0) is 4.79 Å². The topological polar surface area (TPSA) is 111 Å². The molecule has 1 rings (SSSR count). The van der Waals surface area contributed by atoms with E-state index in [1.54, 1.807) is 0 Å². The zero-order valence-corrected chi connectivity index (χ0v) is 11.8. The smallest absolute Gasteiger partial charge is 0.326 e. The van der Waals surface area contributed by atoms with Crippen molar-refractivity contribution in [1.82, 2.24) is 5.32 Å². The highest BCUT2D eigenvalue weighted by Crippen LogP contribution is 2.25. The third kappa shape index (κ3) is 4.69. The van der Waals surface area contributed by atoms with E-state index in [4.69, 9.17) is 15.1 Å².